The number of piperidine rings is 1. The summed E-state index contributed by atoms with van der Waals surface area (Å²) in [6.45, 7) is 2.77. The second-order valence-corrected chi connectivity index (χ2v) is 5.49. The van der Waals surface area contributed by atoms with Crippen molar-refractivity contribution in [2.24, 2.45) is 5.92 Å². The van der Waals surface area contributed by atoms with Crippen LogP contribution in [-0.2, 0) is 4.79 Å². The Morgan fingerprint density at radius 3 is 3.00 bits per heavy atom. The summed E-state index contributed by atoms with van der Waals surface area (Å²) in [5, 5.41) is 21.6. The molecule has 3 N–H and O–H groups in total. The van der Waals surface area contributed by atoms with Crippen molar-refractivity contribution in [2.75, 3.05) is 31.6 Å². The average Bonchev–Trinajstić information content (AvgIpc) is 2.46. The Balaban J connectivity index is 1.91. The second kappa shape index (κ2) is 6.98. The van der Waals surface area contributed by atoms with Gasteiger partial charge in [-0.1, -0.05) is 6.07 Å². The molecule has 0 bridgehead atoms. The summed E-state index contributed by atoms with van der Waals surface area (Å²) in [4.78, 5) is 13.9. The van der Waals surface area contributed by atoms with Gasteiger partial charge < -0.3 is 15.5 Å². The SMILES string of the molecule is Cc1c(F)cccc1NC(=O)CN1CC[C@@H](O)[C@@H](CO)C1. The van der Waals surface area contributed by atoms with Crippen molar-refractivity contribution >= 4 is 11.6 Å². The van der Waals surface area contributed by atoms with Gasteiger partial charge in [-0.15, -0.1) is 0 Å². The Hall–Kier alpha value is -1.50. The molecule has 0 spiro atoms. The molecule has 1 aromatic carbocycles. The smallest absolute Gasteiger partial charge is 0.238 e. The van der Waals surface area contributed by atoms with Gasteiger partial charge in [0.2, 0.25) is 5.91 Å². The van der Waals surface area contributed by atoms with Crippen LogP contribution in [0.4, 0.5) is 10.1 Å². The lowest BCUT2D eigenvalue weighted by Gasteiger charge is -2.34. The summed E-state index contributed by atoms with van der Waals surface area (Å²) in [6.07, 6.45) is 0.0251. The molecule has 1 heterocycles. The number of halogens is 1. The summed E-state index contributed by atoms with van der Waals surface area (Å²) in [6, 6.07) is 4.56. The zero-order valence-corrected chi connectivity index (χ0v) is 12.1. The number of aliphatic hydroxyl groups is 2. The predicted octanol–water partition coefficient (Wildman–Crippen LogP) is 0.748. The van der Waals surface area contributed by atoms with E-state index in [1.807, 2.05) is 4.90 Å². The number of carbonyl (C=O) groups is 1. The van der Waals surface area contributed by atoms with Gasteiger partial charge in [0, 0.05) is 36.9 Å². The molecule has 116 valence electrons. The Labute approximate surface area is 123 Å². The van der Waals surface area contributed by atoms with Crippen LogP contribution in [0.5, 0.6) is 0 Å². The fourth-order valence-electron chi connectivity index (χ4n) is 2.55. The number of hydrogen-bond acceptors (Lipinski definition) is 4. The highest BCUT2D eigenvalue weighted by atomic mass is 19.1. The zero-order valence-electron chi connectivity index (χ0n) is 12.1. The van der Waals surface area contributed by atoms with Crippen molar-refractivity contribution in [2.45, 2.75) is 19.4 Å². The molecule has 0 radical (unpaired) electrons. The fraction of sp³-hybridized carbons (Fsp3) is 0.533. The van der Waals surface area contributed by atoms with E-state index in [-0.39, 0.29) is 30.8 Å². The van der Waals surface area contributed by atoms with Gasteiger partial charge >= 0.3 is 0 Å². The molecule has 1 aliphatic rings. The van der Waals surface area contributed by atoms with Crippen molar-refractivity contribution in [3.05, 3.63) is 29.6 Å². The molecule has 6 heteroatoms. The first-order valence-corrected chi connectivity index (χ1v) is 7.07. The van der Waals surface area contributed by atoms with Crippen molar-refractivity contribution in [1.82, 2.24) is 4.90 Å². The van der Waals surface area contributed by atoms with Crippen LogP contribution in [0.3, 0.4) is 0 Å². The molecule has 1 aliphatic heterocycles. The minimum Gasteiger partial charge on any atom is -0.396 e. The number of hydrogen-bond donors (Lipinski definition) is 3. The lowest BCUT2D eigenvalue weighted by Crippen LogP contribution is -2.47. The Kier molecular flexibility index (Phi) is 5.27. The molecule has 1 amide bonds. The maximum atomic E-state index is 13.4. The van der Waals surface area contributed by atoms with E-state index in [9.17, 15) is 19.4 Å². The predicted molar refractivity (Wildman–Crippen MR) is 77.4 cm³/mol. The number of rotatable bonds is 4. The molecule has 21 heavy (non-hydrogen) atoms. The number of nitrogens with zero attached hydrogens (tertiary/aromatic N) is 1. The summed E-state index contributed by atoms with van der Waals surface area (Å²) >= 11 is 0. The number of benzene rings is 1. The Morgan fingerprint density at radius 1 is 1.52 bits per heavy atom. The third-order valence-corrected chi connectivity index (χ3v) is 3.92. The molecular formula is C15H21FN2O3. The molecule has 0 saturated carbocycles. The van der Waals surface area contributed by atoms with E-state index in [0.29, 0.717) is 30.8 Å². The number of likely N-dealkylation sites (tertiary alicyclic amines) is 1. The summed E-state index contributed by atoms with van der Waals surface area (Å²) in [5.74, 6) is -0.798. The summed E-state index contributed by atoms with van der Waals surface area (Å²) in [7, 11) is 0. The van der Waals surface area contributed by atoms with Gasteiger partial charge in [0.1, 0.15) is 5.82 Å². The highest BCUT2D eigenvalue weighted by Crippen LogP contribution is 2.19. The van der Waals surface area contributed by atoms with Crippen LogP contribution < -0.4 is 5.32 Å². The molecular weight excluding hydrogens is 275 g/mol. The molecule has 0 aromatic heterocycles. The number of nitrogens with one attached hydrogen (secondary N) is 1. The first kappa shape index (κ1) is 15.9. The van der Waals surface area contributed by atoms with Gasteiger partial charge in [-0.25, -0.2) is 4.39 Å². The van der Waals surface area contributed by atoms with Crippen molar-refractivity contribution < 1.29 is 19.4 Å². The lowest BCUT2D eigenvalue weighted by molar-refractivity contribution is -0.118. The molecule has 2 atom stereocenters. The van der Waals surface area contributed by atoms with Crippen LogP contribution in [0.1, 0.15) is 12.0 Å². The average molecular weight is 296 g/mol. The normalized spacial score (nSPS) is 23.0. The monoisotopic (exact) mass is 296 g/mol. The van der Waals surface area contributed by atoms with Gasteiger partial charge in [-0.05, 0) is 25.5 Å². The van der Waals surface area contributed by atoms with Crippen molar-refractivity contribution in [3.8, 4) is 0 Å². The molecule has 2 rings (SSSR count). The van der Waals surface area contributed by atoms with Crippen LogP contribution in [0.2, 0.25) is 0 Å². The number of carbonyl (C=O) groups excluding carboxylic acids is 1. The topological polar surface area (TPSA) is 72.8 Å². The van der Waals surface area contributed by atoms with Crippen LogP contribution in [0.25, 0.3) is 0 Å². The standard InChI is InChI=1S/C15H21FN2O3/c1-10-12(16)3-2-4-13(10)17-15(21)8-18-6-5-14(20)11(7-18)9-19/h2-4,11,14,19-20H,5-9H2,1H3,(H,17,21)/t11-,14-/m1/s1. The van der Waals surface area contributed by atoms with E-state index in [1.54, 1.807) is 19.1 Å². The Bertz CT molecular complexity index is 510. The fourth-order valence-corrected chi connectivity index (χ4v) is 2.55. The van der Waals surface area contributed by atoms with Crippen LogP contribution in [0.15, 0.2) is 18.2 Å². The zero-order chi connectivity index (χ0) is 15.4. The quantitative estimate of drug-likeness (QED) is 0.766. The minimum atomic E-state index is -0.514. The van der Waals surface area contributed by atoms with Crippen LogP contribution >= 0.6 is 0 Å². The van der Waals surface area contributed by atoms with Gasteiger partial charge in [-0.3, -0.25) is 9.69 Å². The maximum absolute atomic E-state index is 13.4. The first-order valence-electron chi connectivity index (χ1n) is 7.07. The molecule has 5 nitrogen and oxygen atoms in total. The van der Waals surface area contributed by atoms with Gasteiger partial charge in [0.05, 0.1) is 12.6 Å². The molecule has 0 unspecified atom stereocenters. The van der Waals surface area contributed by atoms with Gasteiger partial charge in [0.15, 0.2) is 0 Å². The largest absolute Gasteiger partial charge is 0.396 e. The highest BCUT2D eigenvalue weighted by molar-refractivity contribution is 5.92. The first-order chi connectivity index (χ1) is 10.0. The second-order valence-electron chi connectivity index (χ2n) is 5.49. The van der Waals surface area contributed by atoms with E-state index < -0.39 is 6.10 Å². The number of amides is 1. The summed E-state index contributed by atoms with van der Waals surface area (Å²) < 4.78 is 13.4. The molecule has 1 aromatic rings. The minimum absolute atomic E-state index is 0.0950. The highest BCUT2D eigenvalue weighted by Gasteiger charge is 2.28. The van der Waals surface area contributed by atoms with E-state index in [1.165, 1.54) is 6.07 Å². The number of aliphatic hydroxyl groups excluding tert-OH is 2. The van der Waals surface area contributed by atoms with E-state index >= 15 is 0 Å². The van der Waals surface area contributed by atoms with Gasteiger partial charge in [0.25, 0.3) is 0 Å². The number of anilines is 1. The van der Waals surface area contributed by atoms with Crippen LogP contribution in [0, 0.1) is 18.7 Å². The third-order valence-electron chi connectivity index (χ3n) is 3.92. The summed E-state index contributed by atoms with van der Waals surface area (Å²) in [5.41, 5.74) is 0.879. The lowest BCUT2D eigenvalue weighted by atomic mass is 9.95. The van der Waals surface area contributed by atoms with Crippen molar-refractivity contribution in [1.29, 1.82) is 0 Å². The van der Waals surface area contributed by atoms with Crippen molar-refractivity contribution in [3.63, 3.8) is 0 Å². The molecule has 1 saturated heterocycles. The third kappa shape index (κ3) is 4.00. The van der Waals surface area contributed by atoms with E-state index in [2.05, 4.69) is 5.32 Å². The van der Waals surface area contributed by atoms with Crippen LogP contribution in [-0.4, -0.2) is 53.4 Å². The molecule has 0 aliphatic carbocycles. The van der Waals surface area contributed by atoms with Gasteiger partial charge in [-0.2, -0.15) is 0 Å². The maximum Gasteiger partial charge on any atom is 0.238 e. The van der Waals surface area contributed by atoms with E-state index in [4.69, 9.17) is 0 Å². The molecule has 1 fully saturated rings. The Morgan fingerprint density at radius 2 is 2.29 bits per heavy atom. The van der Waals surface area contributed by atoms with E-state index in [0.717, 1.165) is 0 Å².